The van der Waals surface area contributed by atoms with E-state index in [0.717, 1.165) is 5.56 Å². The fraction of sp³-hybridized carbons (Fsp3) is 0.222. The predicted molar refractivity (Wildman–Crippen MR) is 57.3 cm³/mol. The van der Waals surface area contributed by atoms with E-state index in [0.29, 0.717) is 10.6 Å². The van der Waals surface area contributed by atoms with Crippen LogP contribution in [0.2, 0.25) is 5.02 Å². The van der Waals surface area contributed by atoms with Crippen LogP contribution in [0, 0.1) is 0 Å². The van der Waals surface area contributed by atoms with Gasteiger partial charge in [0, 0.05) is 17.0 Å². The summed E-state index contributed by atoms with van der Waals surface area (Å²) < 4.78 is 11.7. The van der Waals surface area contributed by atoms with Crippen LogP contribution in [-0.2, 0) is 6.42 Å². The van der Waals surface area contributed by atoms with Gasteiger partial charge in [0.05, 0.1) is 0 Å². The molecule has 0 amide bonds. The second kappa shape index (κ2) is 2.92. The highest BCUT2D eigenvalue weighted by Gasteiger charge is 2.43. The second-order valence-electron chi connectivity index (χ2n) is 3.01. The van der Waals surface area contributed by atoms with Crippen LogP contribution in [0.5, 0.6) is 0 Å². The van der Waals surface area contributed by atoms with Gasteiger partial charge in [-0.1, -0.05) is 17.7 Å². The maximum absolute atomic E-state index is 13.5. The fourth-order valence-corrected chi connectivity index (χ4v) is 2.30. The van der Waals surface area contributed by atoms with Gasteiger partial charge in [-0.05, 0) is 40.3 Å². The number of Topliss-reactive ketones (excluding diaryl/α,β-unsaturated/α-hetero) is 1. The Labute approximate surface area is 93.4 Å². The van der Waals surface area contributed by atoms with Crippen LogP contribution in [0.25, 0.3) is 0 Å². The molecule has 0 spiro atoms. The Bertz CT molecular complexity index is 389. The van der Waals surface area contributed by atoms with E-state index in [-0.39, 0.29) is 6.42 Å². The molecule has 0 aromatic heterocycles. The van der Waals surface area contributed by atoms with Gasteiger partial charge in [-0.2, -0.15) is 0 Å². The summed E-state index contributed by atoms with van der Waals surface area (Å²) in [5, 5.41) is 0.473. The molecule has 0 saturated heterocycles. The first-order valence-electron chi connectivity index (χ1n) is 3.72. The molecule has 1 atom stereocenters. The van der Waals surface area contributed by atoms with Gasteiger partial charge in [0.2, 0.25) is 9.46 Å². The normalized spacial score (nSPS) is 26.2. The van der Waals surface area contributed by atoms with Crippen LogP contribution >= 0.6 is 34.2 Å². The summed E-state index contributed by atoms with van der Waals surface area (Å²) in [6.45, 7) is 0. The molecule has 0 radical (unpaired) electrons. The Morgan fingerprint density at radius 2 is 2.23 bits per heavy atom. The number of carbonyl (C=O) groups is 1. The van der Waals surface area contributed by atoms with E-state index in [1.165, 1.54) is 28.7 Å². The Morgan fingerprint density at radius 3 is 2.92 bits per heavy atom. The highest BCUT2D eigenvalue weighted by atomic mass is 127. The monoisotopic (exact) mass is 310 g/mol. The highest BCUT2D eigenvalue weighted by Crippen LogP contribution is 2.38. The predicted octanol–water partition coefficient (Wildman–Crippen LogP) is 3.18. The van der Waals surface area contributed by atoms with Crippen molar-refractivity contribution in [1.29, 1.82) is 0 Å². The Kier molecular flexibility index (Phi) is 2.11. The van der Waals surface area contributed by atoms with Gasteiger partial charge in [-0.25, -0.2) is 4.39 Å². The van der Waals surface area contributed by atoms with Gasteiger partial charge >= 0.3 is 0 Å². The zero-order chi connectivity index (χ0) is 9.64. The van der Waals surface area contributed by atoms with Crippen LogP contribution in [0.3, 0.4) is 0 Å². The van der Waals surface area contributed by atoms with Gasteiger partial charge in [-0.15, -0.1) is 0 Å². The van der Waals surface area contributed by atoms with Crippen molar-refractivity contribution in [1.82, 2.24) is 0 Å². The lowest BCUT2D eigenvalue weighted by atomic mass is 10.1. The first-order chi connectivity index (χ1) is 6.00. The SMILES string of the molecule is O=C1c2cc(Cl)ccc2CC1(F)I. The topological polar surface area (TPSA) is 17.1 Å². The second-order valence-corrected chi connectivity index (χ2v) is 5.16. The van der Waals surface area contributed by atoms with E-state index in [1.807, 2.05) is 0 Å². The molecular weight excluding hydrogens is 305 g/mol. The van der Waals surface area contributed by atoms with Crippen LogP contribution < -0.4 is 0 Å². The first kappa shape index (κ1) is 9.40. The summed E-state index contributed by atoms with van der Waals surface area (Å²) in [7, 11) is 0. The van der Waals surface area contributed by atoms with Gasteiger partial charge in [0.15, 0.2) is 0 Å². The minimum atomic E-state index is -1.77. The molecule has 2 rings (SSSR count). The quantitative estimate of drug-likeness (QED) is 0.531. The molecule has 0 N–H and O–H groups in total. The van der Waals surface area contributed by atoms with Crippen molar-refractivity contribution in [3.05, 3.63) is 34.3 Å². The number of hydrogen-bond acceptors (Lipinski definition) is 1. The van der Waals surface area contributed by atoms with Gasteiger partial charge in [0.25, 0.3) is 0 Å². The lowest BCUT2D eigenvalue weighted by molar-refractivity contribution is 0.0882. The summed E-state index contributed by atoms with van der Waals surface area (Å²) >= 11 is 7.24. The number of fused-ring (bicyclic) bond motifs is 1. The Balaban J connectivity index is 2.57. The molecule has 4 heteroatoms. The molecule has 1 unspecified atom stereocenters. The number of ketones is 1. The lowest BCUT2D eigenvalue weighted by Crippen LogP contribution is -2.21. The van der Waals surface area contributed by atoms with Gasteiger partial charge in [0.1, 0.15) is 0 Å². The van der Waals surface area contributed by atoms with Crippen molar-refractivity contribution in [2.24, 2.45) is 0 Å². The van der Waals surface area contributed by atoms with Crippen molar-refractivity contribution in [3.8, 4) is 0 Å². The highest BCUT2D eigenvalue weighted by molar-refractivity contribution is 14.1. The number of rotatable bonds is 0. The molecule has 1 nitrogen and oxygen atoms in total. The summed E-state index contributed by atoms with van der Waals surface area (Å²) in [6.07, 6.45) is 0.152. The number of halogens is 3. The summed E-state index contributed by atoms with van der Waals surface area (Å²) in [6, 6.07) is 4.90. The number of alkyl halides is 2. The molecule has 68 valence electrons. The standard InChI is InChI=1S/C9H5ClFIO/c10-6-2-1-5-4-9(11,12)8(13)7(5)3-6/h1-3H,4H2. The third kappa shape index (κ3) is 1.48. The van der Waals surface area contributed by atoms with Crippen LogP contribution in [0.15, 0.2) is 18.2 Å². The number of hydrogen-bond donors (Lipinski definition) is 0. The van der Waals surface area contributed by atoms with Crippen LogP contribution in [0.4, 0.5) is 4.39 Å². The molecule has 1 aliphatic rings. The van der Waals surface area contributed by atoms with E-state index in [4.69, 9.17) is 11.6 Å². The smallest absolute Gasteiger partial charge is 0.227 e. The molecule has 1 aromatic rings. The summed E-state index contributed by atoms with van der Waals surface area (Å²) in [5.74, 6) is -0.467. The molecular formula is C9H5ClFIO. The fourth-order valence-electron chi connectivity index (χ4n) is 1.43. The van der Waals surface area contributed by atoms with Crippen molar-refractivity contribution < 1.29 is 9.18 Å². The molecule has 0 heterocycles. The van der Waals surface area contributed by atoms with Crippen molar-refractivity contribution in [2.75, 3.05) is 0 Å². The third-order valence-electron chi connectivity index (χ3n) is 2.06. The molecule has 0 fully saturated rings. The molecule has 0 aliphatic heterocycles. The molecule has 0 saturated carbocycles. The first-order valence-corrected chi connectivity index (χ1v) is 5.17. The Hall–Kier alpha value is -0.160. The molecule has 0 bridgehead atoms. The Morgan fingerprint density at radius 1 is 1.54 bits per heavy atom. The minimum absolute atomic E-state index is 0.152. The van der Waals surface area contributed by atoms with Gasteiger partial charge in [-0.3, -0.25) is 4.79 Å². The van der Waals surface area contributed by atoms with Crippen LogP contribution in [0.1, 0.15) is 15.9 Å². The average Bonchev–Trinajstić information content (AvgIpc) is 2.26. The van der Waals surface area contributed by atoms with E-state index in [2.05, 4.69) is 0 Å². The van der Waals surface area contributed by atoms with E-state index < -0.39 is 9.46 Å². The zero-order valence-corrected chi connectivity index (χ0v) is 9.39. The third-order valence-corrected chi connectivity index (χ3v) is 3.17. The van der Waals surface area contributed by atoms with Crippen molar-refractivity contribution in [2.45, 2.75) is 10.1 Å². The number of carbonyl (C=O) groups excluding carboxylic acids is 1. The van der Waals surface area contributed by atoms with Crippen LogP contribution in [-0.4, -0.2) is 9.46 Å². The lowest BCUT2D eigenvalue weighted by Gasteiger charge is -2.05. The minimum Gasteiger partial charge on any atom is -0.290 e. The van der Waals surface area contributed by atoms with E-state index in [9.17, 15) is 9.18 Å². The maximum atomic E-state index is 13.5. The number of benzene rings is 1. The van der Waals surface area contributed by atoms with Crippen molar-refractivity contribution >= 4 is 40.0 Å². The zero-order valence-electron chi connectivity index (χ0n) is 6.48. The molecule has 1 aromatic carbocycles. The van der Waals surface area contributed by atoms with E-state index in [1.54, 1.807) is 12.1 Å². The van der Waals surface area contributed by atoms with Gasteiger partial charge < -0.3 is 0 Å². The molecule has 13 heavy (non-hydrogen) atoms. The molecule has 1 aliphatic carbocycles. The van der Waals surface area contributed by atoms with E-state index >= 15 is 0 Å². The van der Waals surface area contributed by atoms with Crippen molar-refractivity contribution in [3.63, 3.8) is 0 Å². The summed E-state index contributed by atoms with van der Waals surface area (Å²) in [4.78, 5) is 11.4. The largest absolute Gasteiger partial charge is 0.290 e. The maximum Gasteiger partial charge on any atom is 0.227 e. The summed E-state index contributed by atoms with van der Waals surface area (Å²) in [5.41, 5.74) is 1.16. The average molecular weight is 310 g/mol.